The molecule has 0 aromatic rings. The summed E-state index contributed by atoms with van der Waals surface area (Å²) in [6, 6.07) is 0.755. The molecule has 1 aliphatic carbocycles. The summed E-state index contributed by atoms with van der Waals surface area (Å²) in [6.07, 6.45) is 4.19. The first kappa shape index (κ1) is 13.3. The van der Waals surface area contributed by atoms with E-state index in [1.807, 2.05) is 0 Å². The van der Waals surface area contributed by atoms with Crippen LogP contribution in [0.5, 0.6) is 0 Å². The van der Waals surface area contributed by atoms with E-state index in [0.29, 0.717) is 0 Å². The molecule has 1 aliphatic heterocycles. The highest BCUT2D eigenvalue weighted by Gasteiger charge is 2.29. The van der Waals surface area contributed by atoms with E-state index in [2.05, 4.69) is 36.1 Å². The number of hydrogen-bond acceptors (Lipinski definition) is 3. The minimum absolute atomic E-state index is 0.755. The van der Waals surface area contributed by atoms with E-state index in [1.165, 1.54) is 52.0 Å². The van der Waals surface area contributed by atoms with Crippen molar-refractivity contribution >= 4 is 0 Å². The van der Waals surface area contributed by atoms with Crippen LogP contribution in [0.1, 0.15) is 26.2 Å². The quantitative estimate of drug-likeness (QED) is 0.800. The molecule has 0 spiro atoms. The maximum Gasteiger partial charge on any atom is 0.0110 e. The first-order chi connectivity index (χ1) is 8.19. The summed E-state index contributed by atoms with van der Waals surface area (Å²) in [5.74, 6) is 1.80. The van der Waals surface area contributed by atoms with E-state index in [0.717, 1.165) is 17.9 Å². The van der Waals surface area contributed by atoms with Gasteiger partial charge in [0.25, 0.3) is 0 Å². The number of nitrogens with zero attached hydrogens (tertiary/aromatic N) is 2. The Labute approximate surface area is 107 Å². The Bertz CT molecular complexity index is 224. The smallest absolute Gasteiger partial charge is 0.0110 e. The molecule has 3 nitrogen and oxygen atoms in total. The van der Waals surface area contributed by atoms with Gasteiger partial charge in [-0.05, 0) is 45.2 Å². The minimum atomic E-state index is 0.755. The average molecular weight is 239 g/mol. The molecule has 100 valence electrons. The fraction of sp³-hybridized carbons (Fsp3) is 1.00. The van der Waals surface area contributed by atoms with Crippen LogP contribution in [-0.2, 0) is 0 Å². The van der Waals surface area contributed by atoms with Crippen LogP contribution >= 0.6 is 0 Å². The van der Waals surface area contributed by atoms with Gasteiger partial charge >= 0.3 is 0 Å². The molecule has 17 heavy (non-hydrogen) atoms. The normalized spacial score (nSPS) is 37.2. The summed E-state index contributed by atoms with van der Waals surface area (Å²) in [4.78, 5) is 5.11. The highest BCUT2D eigenvalue weighted by Crippen LogP contribution is 2.29. The maximum absolute atomic E-state index is 3.54. The molecule has 0 aromatic heterocycles. The van der Waals surface area contributed by atoms with Gasteiger partial charge in [0, 0.05) is 38.8 Å². The average Bonchev–Trinajstić information content (AvgIpc) is 2.32. The van der Waals surface area contributed by atoms with Crippen molar-refractivity contribution in [2.75, 3.05) is 46.8 Å². The third-order valence-corrected chi connectivity index (χ3v) is 4.70. The van der Waals surface area contributed by atoms with Gasteiger partial charge < -0.3 is 15.1 Å². The molecule has 1 N–H and O–H groups in total. The van der Waals surface area contributed by atoms with Crippen molar-refractivity contribution in [3.63, 3.8) is 0 Å². The molecule has 2 fully saturated rings. The third kappa shape index (κ3) is 3.67. The van der Waals surface area contributed by atoms with Crippen molar-refractivity contribution < 1.29 is 0 Å². The molecule has 3 atom stereocenters. The molecule has 0 aromatic carbocycles. The molecule has 1 saturated heterocycles. The molecule has 1 saturated carbocycles. The summed E-state index contributed by atoms with van der Waals surface area (Å²) < 4.78 is 0. The van der Waals surface area contributed by atoms with Crippen LogP contribution in [0.25, 0.3) is 0 Å². The number of piperazine rings is 1. The Morgan fingerprint density at radius 3 is 2.47 bits per heavy atom. The predicted octanol–water partition coefficient (Wildman–Crippen LogP) is 1.26. The van der Waals surface area contributed by atoms with Crippen LogP contribution in [0.4, 0.5) is 0 Å². The summed E-state index contributed by atoms with van der Waals surface area (Å²) in [7, 11) is 4.37. The standard InChI is InChI=1S/C14H29N3/c1-12-4-5-14(15-2)13(10-12)11-17-8-6-16(3)7-9-17/h12-15H,4-11H2,1-3H3. The van der Waals surface area contributed by atoms with Gasteiger partial charge in [0.15, 0.2) is 0 Å². The van der Waals surface area contributed by atoms with E-state index >= 15 is 0 Å². The summed E-state index contributed by atoms with van der Waals surface area (Å²) >= 11 is 0. The Balaban J connectivity index is 1.83. The first-order valence-electron chi connectivity index (χ1n) is 7.27. The van der Waals surface area contributed by atoms with Gasteiger partial charge in [0.2, 0.25) is 0 Å². The summed E-state index contributed by atoms with van der Waals surface area (Å²) in [6.45, 7) is 8.74. The fourth-order valence-corrected chi connectivity index (χ4v) is 3.44. The zero-order chi connectivity index (χ0) is 12.3. The van der Waals surface area contributed by atoms with Gasteiger partial charge in [-0.2, -0.15) is 0 Å². The second kappa shape index (κ2) is 6.17. The van der Waals surface area contributed by atoms with Crippen molar-refractivity contribution in [3.05, 3.63) is 0 Å². The van der Waals surface area contributed by atoms with Gasteiger partial charge in [-0.15, -0.1) is 0 Å². The molecule has 0 amide bonds. The Morgan fingerprint density at radius 2 is 1.82 bits per heavy atom. The van der Waals surface area contributed by atoms with Gasteiger partial charge in [-0.25, -0.2) is 0 Å². The highest BCUT2D eigenvalue weighted by molar-refractivity contribution is 4.85. The third-order valence-electron chi connectivity index (χ3n) is 4.70. The zero-order valence-electron chi connectivity index (χ0n) is 11.8. The predicted molar refractivity (Wildman–Crippen MR) is 73.3 cm³/mol. The van der Waals surface area contributed by atoms with Crippen LogP contribution in [0, 0.1) is 11.8 Å². The van der Waals surface area contributed by atoms with E-state index in [4.69, 9.17) is 0 Å². The van der Waals surface area contributed by atoms with Gasteiger partial charge in [0.1, 0.15) is 0 Å². The molecule has 2 rings (SSSR count). The Hall–Kier alpha value is -0.120. The minimum Gasteiger partial charge on any atom is -0.317 e. The molecule has 3 heteroatoms. The molecule has 0 bridgehead atoms. The second-order valence-corrected chi connectivity index (χ2v) is 6.18. The lowest BCUT2D eigenvalue weighted by Crippen LogP contribution is -2.50. The molecule has 0 radical (unpaired) electrons. The van der Waals surface area contributed by atoms with Gasteiger partial charge in [-0.3, -0.25) is 0 Å². The topological polar surface area (TPSA) is 18.5 Å². The van der Waals surface area contributed by atoms with Gasteiger partial charge in [-0.1, -0.05) is 6.92 Å². The molecular formula is C14H29N3. The van der Waals surface area contributed by atoms with Crippen LogP contribution in [0.15, 0.2) is 0 Å². The molecule has 3 unspecified atom stereocenters. The summed E-state index contributed by atoms with van der Waals surface area (Å²) in [5.41, 5.74) is 0. The SMILES string of the molecule is CNC1CCC(C)CC1CN1CCN(C)CC1. The maximum atomic E-state index is 3.54. The van der Waals surface area contributed by atoms with Crippen molar-refractivity contribution in [2.24, 2.45) is 11.8 Å². The van der Waals surface area contributed by atoms with E-state index < -0.39 is 0 Å². The van der Waals surface area contributed by atoms with E-state index in [1.54, 1.807) is 0 Å². The summed E-state index contributed by atoms with van der Waals surface area (Å²) in [5, 5.41) is 3.54. The molecular weight excluding hydrogens is 210 g/mol. The fourth-order valence-electron chi connectivity index (χ4n) is 3.44. The monoisotopic (exact) mass is 239 g/mol. The second-order valence-electron chi connectivity index (χ2n) is 6.18. The number of hydrogen-bond donors (Lipinski definition) is 1. The van der Waals surface area contributed by atoms with Crippen LogP contribution < -0.4 is 5.32 Å². The van der Waals surface area contributed by atoms with Crippen molar-refractivity contribution in [3.8, 4) is 0 Å². The number of nitrogens with one attached hydrogen (secondary N) is 1. The van der Waals surface area contributed by atoms with Crippen molar-refractivity contribution in [1.82, 2.24) is 15.1 Å². The molecule has 2 aliphatic rings. The lowest BCUT2D eigenvalue weighted by molar-refractivity contribution is 0.103. The number of rotatable bonds is 3. The Morgan fingerprint density at radius 1 is 1.12 bits per heavy atom. The van der Waals surface area contributed by atoms with Crippen molar-refractivity contribution in [2.45, 2.75) is 32.2 Å². The van der Waals surface area contributed by atoms with E-state index in [-0.39, 0.29) is 0 Å². The molecule has 1 heterocycles. The van der Waals surface area contributed by atoms with Crippen molar-refractivity contribution in [1.29, 1.82) is 0 Å². The van der Waals surface area contributed by atoms with Crippen LogP contribution in [0.2, 0.25) is 0 Å². The Kier molecular flexibility index (Phi) is 4.83. The lowest BCUT2D eigenvalue weighted by Gasteiger charge is -2.40. The lowest BCUT2D eigenvalue weighted by atomic mass is 9.78. The zero-order valence-corrected chi connectivity index (χ0v) is 11.8. The largest absolute Gasteiger partial charge is 0.317 e. The highest BCUT2D eigenvalue weighted by atomic mass is 15.2. The van der Waals surface area contributed by atoms with Crippen LogP contribution in [0.3, 0.4) is 0 Å². The van der Waals surface area contributed by atoms with Gasteiger partial charge in [0.05, 0.1) is 0 Å². The van der Waals surface area contributed by atoms with Crippen LogP contribution in [-0.4, -0.2) is 62.7 Å². The number of likely N-dealkylation sites (N-methyl/N-ethyl adjacent to an activating group) is 1. The first-order valence-corrected chi connectivity index (χ1v) is 7.27. The van der Waals surface area contributed by atoms with E-state index in [9.17, 15) is 0 Å².